The molecule has 1 atom stereocenters. The third kappa shape index (κ3) is 2.53. The van der Waals surface area contributed by atoms with Gasteiger partial charge in [-0.25, -0.2) is 9.97 Å². The highest BCUT2D eigenvalue weighted by Crippen LogP contribution is 2.43. The summed E-state index contributed by atoms with van der Waals surface area (Å²) in [5.41, 5.74) is 7.66. The van der Waals surface area contributed by atoms with E-state index in [-0.39, 0.29) is 0 Å². The molecule has 5 heteroatoms. The molecule has 0 aliphatic heterocycles. The molecule has 2 heterocycles. The van der Waals surface area contributed by atoms with E-state index in [0.29, 0.717) is 11.7 Å². The fourth-order valence-corrected chi connectivity index (χ4v) is 5.20. The van der Waals surface area contributed by atoms with Crippen LogP contribution in [0.2, 0.25) is 0 Å². The molecule has 0 saturated heterocycles. The number of nitrogens with two attached hydrogens (primary N) is 1. The Morgan fingerprint density at radius 1 is 1.40 bits per heavy atom. The van der Waals surface area contributed by atoms with Gasteiger partial charge in [0.15, 0.2) is 5.16 Å². The zero-order valence-corrected chi connectivity index (χ0v) is 13.7. The van der Waals surface area contributed by atoms with Crippen molar-refractivity contribution in [3.8, 4) is 0 Å². The van der Waals surface area contributed by atoms with Gasteiger partial charge in [-0.1, -0.05) is 32.0 Å². The van der Waals surface area contributed by atoms with Gasteiger partial charge in [-0.15, -0.1) is 11.3 Å². The average molecular weight is 307 g/mol. The lowest BCUT2D eigenvalue weighted by Crippen LogP contribution is -2.05. The highest BCUT2D eigenvalue weighted by molar-refractivity contribution is 7.99. The van der Waals surface area contributed by atoms with Crippen molar-refractivity contribution in [3.05, 3.63) is 10.4 Å². The zero-order valence-electron chi connectivity index (χ0n) is 12.1. The van der Waals surface area contributed by atoms with Gasteiger partial charge < -0.3 is 5.73 Å². The summed E-state index contributed by atoms with van der Waals surface area (Å²) in [6, 6.07) is 0. The second-order valence-corrected chi connectivity index (χ2v) is 7.65. The Morgan fingerprint density at radius 3 is 3.05 bits per heavy atom. The fraction of sp³-hybridized carbons (Fsp3) is 0.600. The first-order valence-corrected chi connectivity index (χ1v) is 9.22. The number of unbranched alkanes of at least 4 members (excludes halogenated alkanes) is 1. The van der Waals surface area contributed by atoms with Gasteiger partial charge >= 0.3 is 0 Å². The quantitative estimate of drug-likeness (QED) is 0.509. The summed E-state index contributed by atoms with van der Waals surface area (Å²) in [5.74, 6) is 2.35. The summed E-state index contributed by atoms with van der Waals surface area (Å²) < 4.78 is 0. The molecule has 0 spiro atoms. The first kappa shape index (κ1) is 14.1. The van der Waals surface area contributed by atoms with Crippen LogP contribution >= 0.6 is 23.1 Å². The van der Waals surface area contributed by atoms with E-state index in [0.717, 1.165) is 21.1 Å². The minimum absolute atomic E-state index is 0.594. The van der Waals surface area contributed by atoms with Crippen LogP contribution in [-0.2, 0) is 6.42 Å². The number of aryl methyl sites for hydroxylation is 1. The number of nitrogens with zero attached hydrogens (tertiary/aromatic N) is 2. The predicted molar refractivity (Wildman–Crippen MR) is 88.8 cm³/mol. The van der Waals surface area contributed by atoms with Crippen molar-refractivity contribution in [2.24, 2.45) is 0 Å². The molecule has 0 aromatic carbocycles. The molecule has 2 aromatic heterocycles. The minimum Gasteiger partial charge on any atom is -0.383 e. The van der Waals surface area contributed by atoms with E-state index in [2.05, 4.69) is 18.8 Å². The first-order valence-electron chi connectivity index (χ1n) is 7.42. The Kier molecular flexibility index (Phi) is 4.17. The van der Waals surface area contributed by atoms with Crippen LogP contribution in [0.15, 0.2) is 5.16 Å². The zero-order chi connectivity index (χ0) is 14.1. The van der Waals surface area contributed by atoms with Gasteiger partial charge in [0, 0.05) is 10.6 Å². The van der Waals surface area contributed by atoms with Crippen molar-refractivity contribution in [1.29, 1.82) is 0 Å². The van der Waals surface area contributed by atoms with Gasteiger partial charge in [0.2, 0.25) is 0 Å². The van der Waals surface area contributed by atoms with E-state index in [9.17, 15) is 0 Å². The van der Waals surface area contributed by atoms with Crippen LogP contribution in [0.4, 0.5) is 5.82 Å². The Hall–Kier alpha value is -0.810. The monoisotopic (exact) mass is 307 g/mol. The van der Waals surface area contributed by atoms with E-state index in [1.165, 1.54) is 42.5 Å². The molecule has 0 unspecified atom stereocenters. The topological polar surface area (TPSA) is 51.8 Å². The van der Waals surface area contributed by atoms with E-state index >= 15 is 0 Å². The normalized spacial score (nSPS) is 18.4. The Bertz CT molecular complexity index is 621. The molecule has 0 bridgehead atoms. The lowest BCUT2D eigenvalue weighted by molar-refractivity contribution is 0.602. The molecule has 2 N–H and O–H groups in total. The second kappa shape index (κ2) is 5.90. The predicted octanol–water partition coefficient (Wildman–Crippen LogP) is 4.61. The van der Waals surface area contributed by atoms with Crippen molar-refractivity contribution < 1.29 is 0 Å². The summed E-state index contributed by atoms with van der Waals surface area (Å²) in [5, 5.41) is 1.98. The van der Waals surface area contributed by atoms with E-state index in [1.54, 1.807) is 11.8 Å². The molecule has 1 aliphatic rings. The molecule has 0 fully saturated rings. The molecule has 3 nitrogen and oxygen atoms in total. The van der Waals surface area contributed by atoms with Crippen LogP contribution in [0.25, 0.3) is 10.2 Å². The van der Waals surface area contributed by atoms with Crippen molar-refractivity contribution in [1.82, 2.24) is 9.97 Å². The maximum Gasteiger partial charge on any atom is 0.190 e. The Labute approximate surface area is 128 Å². The number of nitrogen functional groups attached to an aromatic ring is 1. The van der Waals surface area contributed by atoms with Crippen LogP contribution in [0, 0.1) is 0 Å². The Morgan fingerprint density at radius 2 is 2.25 bits per heavy atom. The van der Waals surface area contributed by atoms with Crippen molar-refractivity contribution >= 4 is 39.1 Å². The Balaban J connectivity index is 2.01. The van der Waals surface area contributed by atoms with E-state index in [4.69, 9.17) is 10.7 Å². The van der Waals surface area contributed by atoms with Gasteiger partial charge in [-0.2, -0.15) is 0 Å². The van der Waals surface area contributed by atoms with Crippen molar-refractivity contribution in [2.45, 2.75) is 57.0 Å². The standard InChI is InChI=1S/C15H21N3S2/c1-3-4-8-19-15-17-13(16)12-11-9(2)6-5-7-10(11)20-14(12)18-15/h9H,3-8H2,1-2H3,(H2,16,17,18)/t9-/m0/s1. The average Bonchev–Trinajstić information content (AvgIpc) is 2.79. The van der Waals surface area contributed by atoms with Gasteiger partial charge in [0.05, 0.1) is 5.39 Å². The SMILES string of the molecule is CCCCSc1nc(N)c2c3c(sc2n1)CCC[C@@H]3C. The molecule has 0 saturated carbocycles. The summed E-state index contributed by atoms with van der Waals surface area (Å²) in [7, 11) is 0. The number of fused-ring (bicyclic) bond motifs is 3. The number of thiophene rings is 1. The highest BCUT2D eigenvalue weighted by Gasteiger charge is 2.24. The van der Waals surface area contributed by atoms with Crippen LogP contribution in [0.3, 0.4) is 0 Å². The highest BCUT2D eigenvalue weighted by atomic mass is 32.2. The number of aromatic nitrogens is 2. The fourth-order valence-electron chi connectivity index (χ4n) is 2.87. The van der Waals surface area contributed by atoms with Crippen LogP contribution in [0.5, 0.6) is 0 Å². The first-order chi connectivity index (χ1) is 9.70. The van der Waals surface area contributed by atoms with Crippen molar-refractivity contribution in [3.63, 3.8) is 0 Å². The van der Waals surface area contributed by atoms with E-state index in [1.807, 2.05) is 11.3 Å². The third-order valence-corrected chi connectivity index (χ3v) is 6.03. The summed E-state index contributed by atoms with van der Waals surface area (Å²) in [6.45, 7) is 4.50. The van der Waals surface area contributed by atoms with Crippen LogP contribution < -0.4 is 5.73 Å². The molecular weight excluding hydrogens is 286 g/mol. The van der Waals surface area contributed by atoms with Crippen LogP contribution in [0.1, 0.15) is 55.9 Å². The number of hydrogen-bond acceptors (Lipinski definition) is 5. The second-order valence-electron chi connectivity index (χ2n) is 5.51. The maximum atomic E-state index is 6.23. The summed E-state index contributed by atoms with van der Waals surface area (Å²) >= 11 is 3.55. The molecule has 3 rings (SSSR count). The molecule has 2 aromatic rings. The van der Waals surface area contributed by atoms with Gasteiger partial charge in [0.25, 0.3) is 0 Å². The summed E-state index contributed by atoms with van der Waals surface area (Å²) in [6.07, 6.45) is 6.12. The lowest BCUT2D eigenvalue weighted by Gasteiger charge is -2.18. The molecular formula is C15H21N3S2. The largest absolute Gasteiger partial charge is 0.383 e. The summed E-state index contributed by atoms with van der Waals surface area (Å²) in [4.78, 5) is 11.8. The molecule has 20 heavy (non-hydrogen) atoms. The smallest absolute Gasteiger partial charge is 0.190 e. The lowest BCUT2D eigenvalue weighted by atomic mass is 9.87. The van der Waals surface area contributed by atoms with Crippen LogP contribution in [-0.4, -0.2) is 15.7 Å². The minimum atomic E-state index is 0.594. The van der Waals surface area contributed by atoms with E-state index < -0.39 is 0 Å². The maximum absolute atomic E-state index is 6.23. The number of hydrogen-bond donors (Lipinski definition) is 1. The van der Waals surface area contributed by atoms with Crippen molar-refractivity contribution in [2.75, 3.05) is 11.5 Å². The number of anilines is 1. The number of thioether (sulfide) groups is 1. The van der Waals surface area contributed by atoms with Gasteiger partial charge in [-0.05, 0) is 37.2 Å². The number of rotatable bonds is 4. The molecule has 0 radical (unpaired) electrons. The van der Waals surface area contributed by atoms with Gasteiger partial charge in [0.1, 0.15) is 10.6 Å². The third-order valence-electron chi connectivity index (χ3n) is 3.94. The molecule has 1 aliphatic carbocycles. The molecule has 0 amide bonds. The van der Waals surface area contributed by atoms with Gasteiger partial charge in [-0.3, -0.25) is 0 Å². The molecule has 108 valence electrons.